The van der Waals surface area contributed by atoms with Crippen molar-refractivity contribution in [2.75, 3.05) is 6.54 Å². The number of likely N-dealkylation sites (tertiary alicyclic amines) is 1. The molecule has 1 aliphatic heterocycles. The van der Waals surface area contributed by atoms with Crippen LogP contribution in [0.3, 0.4) is 0 Å². The standard InChI is InChI=1S/C33H40N8O6/c1-19(28(42)29(34)43)37-31(45)26-16-23(41-27(17-36-39-41)33(2,3)47)18-40(26)32(46)25(14-20-8-5-4-6-9-20)38-30(44)22-12-11-21-10-7-13-35-24(21)15-22/h7,10-13,15,17,19-20,23,26,47H,4-6,8-9,14,16,18H2,1-3H3,(H2,34,43)(H,37,45)/t19?,23-,26-/m0/s1. The number of aromatic nitrogens is 4. The normalized spacial score (nSPS) is 19.8. The molecule has 0 spiro atoms. The largest absolute Gasteiger partial charge is 0.384 e. The van der Waals surface area contributed by atoms with Gasteiger partial charge >= 0.3 is 0 Å². The van der Waals surface area contributed by atoms with Crippen molar-refractivity contribution < 1.29 is 29.1 Å². The molecular formula is C33H40N8O6. The number of rotatable bonds is 10. The highest BCUT2D eigenvalue weighted by atomic mass is 16.3. The van der Waals surface area contributed by atoms with Gasteiger partial charge in [0.05, 0.1) is 29.5 Å². The van der Waals surface area contributed by atoms with E-state index in [4.69, 9.17) is 5.73 Å². The number of nitrogens with zero attached hydrogens (tertiary/aromatic N) is 6. The number of primary amides is 1. The van der Waals surface area contributed by atoms with Crippen LogP contribution in [0.1, 0.15) is 87.8 Å². The molecule has 0 radical (unpaired) electrons. The molecule has 1 aliphatic carbocycles. The number of aliphatic imine (C=N–C) groups is 1. The van der Waals surface area contributed by atoms with E-state index in [1.165, 1.54) is 22.7 Å². The van der Waals surface area contributed by atoms with Crippen LogP contribution < -0.4 is 11.1 Å². The van der Waals surface area contributed by atoms with Gasteiger partial charge in [0.15, 0.2) is 0 Å². The molecule has 2 fully saturated rings. The Balaban J connectivity index is 1.50. The lowest BCUT2D eigenvalue weighted by Crippen LogP contribution is -2.52. The molecule has 248 valence electrons. The number of ketones is 1. The van der Waals surface area contributed by atoms with Crippen molar-refractivity contribution in [1.29, 1.82) is 0 Å². The van der Waals surface area contributed by atoms with Gasteiger partial charge in [-0.2, -0.15) is 0 Å². The number of hydrogen-bond donors (Lipinski definition) is 3. The summed E-state index contributed by atoms with van der Waals surface area (Å²) in [5.41, 5.74) is 5.11. The van der Waals surface area contributed by atoms with E-state index < -0.39 is 53.1 Å². The van der Waals surface area contributed by atoms with Crippen LogP contribution in [0.4, 0.5) is 0 Å². The predicted octanol–water partition coefficient (Wildman–Crippen LogP) is 2.01. The molecule has 1 saturated heterocycles. The Labute approximate surface area is 271 Å². The third-order valence-corrected chi connectivity index (χ3v) is 8.93. The van der Waals surface area contributed by atoms with Gasteiger partial charge in [0.1, 0.15) is 17.4 Å². The van der Waals surface area contributed by atoms with Crippen molar-refractivity contribution in [3.05, 3.63) is 54.0 Å². The number of aliphatic hydroxyl groups is 1. The van der Waals surface area contributed by atoms with Crippen molar-refractivity contribution in [3.8, 4) is 0 Å². The van der Waals surface area contributed by atoms with E-state index in [2.05, 4.69) is 25.6 Å². The van der Waals surface area contributed by atoms with Crippen molar-refractivity contribution in [1.82, 2.24) is 30.2 Å². The lowest BCUT2D eigenvalue weighted by molar-refractivity contribution is -0.139. The van der Waals surface area contributed by atoms with Gasteiger partial charge in [0.2, 0.25) is 11.7 Å². The summed E-state index contributed by atoms with van der Waals surface area (Å²) in [6.45, 7) is 4.47. The second-order valence-electron chi connectivity index (χ2n) is 12.9. The zero-order valence-electron chi connectivity index (χ0n) is 26.8. The molecule has 4 N–H and O–H groups in total. The number of amides is 4. The van der Waals surface area contributed by atoms with E-state index in [9.17, 15) is 29.1 Å². The molecule has 14 nitrogen and oxygen atoms in total. The summed E-state index contributed by atoms with van der Waals surface area (Å²) in [7, 11) is 0. The van der Waals surface area contributed by atoms with E-state index in [1.807, 2.05) is 6.07 Å². The number of Topliss-reactive ketones (excluding diaryl/α,β-unsaturated/α-hetero) is 1. The number of carbonyl (C=O) groups excluding carboxylic acids is 5. The van der Waals surface area contributed by atoms with Crippen LogP contribution in [0, 0.1) is 5.92 Å². The highest BCUT2D eigenvalue weighted by Crippen LogP contribution is 2.33. The zero-order valence-corrected chi connectivity index (χ0v) is 26.8. The number of nitrogens with two attached hydrogens (primary N) is 1. The van der Waals surface area contributed by atoms with Crippen molar-refractivity contribution in [2.24, 2.45) is 16.6 Å². The monoisotopic (exact) mass is 644 g/mol. The molecule has 2 aromatic heterocycles. The Morgan fingerprint density at radius 1 is 1.13 bits per heavy atom. The Hall–Kier alpha value is -4.85. The minimum absolute atomic E-state index is 0.0146. The summed E-state index contributed by atoms with van der Waals surface area (Å²) < 4.78 is 1.48. The minimum atomic E-state index is -1.32. The Morgan fingerprint density at radius 2 is 1.87 bits per heavy atom. The van der Waals surface area contributed by atoms with E-state index in [0.717, 1.165) is 37.5 Å². The molecule has 3 heterocycles. The summed E-state index contributed by atoms with van der Waals surface area (Å²) in [6.07, 6.45) is 8.23. The molecule has 1 unspecified atom stereocenters. The molecule has 1 saturated carbocycles. The van der Waals surface area contributed by atoms with Crippen molar-refractivity contribution in [2.45, 2.75) is 89.4 Å². The molecular weight excluding hydrogens is 604 g/mol. The van der Waals surface area contributed by atoms with Gasteiger partial charge in [0, 0.05) is 30.1 Å². The van der Waals surface area contributed by atoms with Gasteiger partial charge in [-0.05, 0) is 51.3 Å². The molecule has 14 heteroatoms. The van der Waals surface area contributed by atoms with Crippen LogP contribution >= 0.6 is 0 Å². The summed E-state index contributed by atoms with van der Waals surface area (Å²) >= 11 is 0. The number of hydrogen-bond acceptors (Lipinski definition) is 9. The van der Waals surface area contributed by atoms with Gasteiger partial charge < -0.3 is 21.1 Å². The van der Waals surface area contributed by atoms with Crippen molar-refractivity contribution >= 4 is 46.0 Å². The maximum Gasteiger partial charge on any atom is 0.287 e. The fourth-order valence-electron chi connectivity index (χ4n) is 6.40. The predicted molar refractivity (Wildman–Crippen MR) is 171 cm³/mol. The van der Waals surface area contributed by atoms with Gasteiger partial charge in [-0.15, -0.1) is 5.10 Å². The molecule has 3 atom stereocenters. The second-order valence-corrected chi connectivity index (χ2v) is 12.9. The van der Waals surface area contributed by atoms with Crippen LogP contribution in [-0.4, -0.2) is 83.7 Å². The van der Waals surface area contributed by atoms with E-state index in [1.54, 1.807) is 44.3 Å². The summed E-state index contributed by atoms with van der Waals surface area (Å²) in [6, 6.07) is 5.78. The maximum absolute atomic E-state index is 14.5. The summed E-state index contributed by atoms with van der Waals surface area (Å²) in [5, 5.41) is 22.2. The van der Waals surface area contributed by atoms with Crippen molar-refractivity contribution in [3.63, 3.8) is 0 Å². The smallest absolute Gasteiger partial charge is 0.287 e. The molecule has 4 amide bonds. The van der Waals surface area contributed by atoms with Gasteiger partial charge in [-0.1, -0.05) is 49.5 Å². The fourth-order valence-corrected chi connectivity index (χ4v) is 6.40. The number of carbonyl (C=O) groups is 5. The van der Waals surface area contributed by atoms with Crippen LogP contribution in [-0.2, 0) is 24.8 Å². The first-order valence-electron chi connectivity index (χ1n) is 15.9. The Bertz CT molecular complexity index is 1720. The van der Waals surface area contributed by atoms with E-state index in [0.29, 0.717) is 11.2 Å². The first-order valence-corrected chi connectivity index (χ1v) is 15.9. The average molecular weight is 645 g/mol. The lowest BCUT2D eigenvalue weighted by atomic mass is 9.85. The zero-order chi connectivity index (χ0) is 33.9. The number of nitrogens with one attached hydrogen (secondary N) is 1. The lowest BCUT2D eigenvalue weighted by Gasteiger charge is -2.27. The topological polar surface area (TPSA) is 203 Å². The quantitative estimate of drug-likeness (QED) is 0.218. The summed E-state index contributed by atoms with van der Waals surface area (Å²) in [5.74, 6) is -3.93. The average Bonchev–Trinajstić information content (AvgIpc) is 3.72. The third kappa shape index (κ3) is 7.59. The van der Waals surface area contributed by atoms with Gasteiger partial charge in [0.25, 0.3) is 17.7 Å². The molecule has 2 aliphatic rings. The molecule has 0 bridgehead atoms. The van der Waals surface area contributed by atoms with Gasteiger partial charge in [-0.3, -0.25) is 29.0 Å². The Kier molecular flexibility index (Phi) is 9.89. The molecule has 5 rings (SSSR count). The second kappa shape index (κ2) is 13.9. The van der Waals surface area contributed by atoms with Crippen LogP contribution in [0.5, 0.6) is 0 Å². The minimum Gasteiger partial charge on any atom is -0.384 e. The molecule has 47 heavy (non-hydrogen) atoms. The van der Waals surface area contributed by atoms with E-state index >= 15 is 0 Å². The van der Waals surface area contributed by atoms with Gasteiger partial charge in [-0.25, -0.2) is 9.67 Å². The number of pyridine rings is 1. The SMILES string of the molecule is CC(NC(=O)[C@@H]1C[C@H](n2nncc2C(C)(C)O)CN1C(=O)C(CC1CCCCC1)=NC(=O)c1ccc2cccnc2c1)C(=O)C(N)=O. The number of benzene rings is 1. The van der Waals surface area contributed by atoms with Crippen LogP contribution in [0.25, 0.3) is 10.9 Å². The fraction of sp³-hybridized carbons (Fsp3) is 0.485. The number of fused-ring (bicyclic) bond motifs is 1. The van der Waals surface area contributed by atoms with Crippen LogP contribution in [0.2, 0.25) is 0 Å². The first-order chi connectivity index (χ1) is 22.3. The third-order valence-electron chi connectivity index (χ3n) is 8.93. The summed E-state index contributed by atoms with van der Waals surface area (Å²) in [4.78, 5) is 75.4. The first kappa shape index (κ1) is 33.5. The molecule has 3 aromatic rings. The highest BCUT2D eigenvalue weighted by Gasteiger charge is 2.44. The highest BCUT2D eigenvalue weighted by molar-refractivity contribution is 6.41. The molecule has 1 aromatic carbocycles. The van der Waals surface area contributed by atoms with E-state index in [-0.39, 0.29) is 36.6 Å². The maximum atomic E-state index is 14.5. The van der Waals surface area contributed by atoms with Crippen LogP contribution in [0.15, 0.2) is 47.7 Å². The Morgan fingerprint density at radius 3 is 2.57 bits per heavy atom.